The minimum absolute atomic E-state index is 0.160. The van der Waals surface area contributed by atoms with Crippen molar-refractivity contribution in [1.29, 1.82) is 0 Å². The van der Waals surface area contributed by atoms with Gasteiger partial charge in [-0.15, -0.1) is 0 Å². The first kappa shape index (κ1) is 15.1. The Labute approximate surface area is 111 Å². The predicted molar refractivity (Wildman–Crippen MR) is 72.3 cm³/mol. The summed E-state index contributed by atoms with van der Waals surface area (Å²) < 4.78 is 0. The SMILES string of the molecule is CCCC(C)(CC)c1ccc([N+](=O)[O-])cc1[N+](=O)[O-]. The first-order chi connectivity index (χ1) is 8.85. The molecular formula is C13H18N2O4. The molecule has 0 amide bonds. The monoisotopic (exact) mass is 266 g/mol. The molecule has 1 aromatic rings. The first-order valence-corrected chi connectivity index (χ1v) is 6.29. The van der Waals surface area contributed by atoms with E-state index in [1.807, 2.05) is 20.8 Å². The normalized spacial score (nSPS) is 13.8. The van der Waals surface area contributed by atoms with Gasteiger partial charge in [0.25, 0.3) is 11.4 Å². The van der Waals surface area contributed by atoms with Crippen LogP contribution in [0.3, 0.4) is 0 Å². The molecule has 0 aliphatic rings. The van der Waals surface area contributed by atoms with Crippen molar-refractivity contribution in [2.75, 3.05) is 0 Å². The van der Waals surface area contributed by atoms with Crippen molar-refractivity contribution >= 4 is 11.4 Å². The summed E-state index contributed by atoms with van der Waals surface area (Å²) in [4.78, 5) is 20.7. The first-order valence-electron chi connectivity index (χ1n) is 6.29. The van der Waals surface area contributed by atoms with E-state index >= 15 is 0 Å². The fraction of sp³-hybridized carbons (Fsp3) is 0.538. The summed E-state index contributed by atoms with van der Waals surface area (Å²) >= 11 is 0. The van der Waals surface area contributed by atoms with Crippen molar-refractivity contribution in [1.82, 2.24) is 0 Å². The largest absolute Gasteiger partial charge is 0.280 e. The Hall–Kier alpha value is -1.98. The van der Waals surface area contributed by atoms with E-state index in [9.17, 15) is 20.2 Å². The molecule has 1 aromatic carbocycles. The molecule has 1 unspecified atom stereocenters. The second kappa shape index (κ2) is 5.77. The van der Waals surface area contributed by atoms with E-state index in [0.29, 0.717) is 5.56 Å². The highest BCUT2D eigenvalue weighted by atomic mass is 16.6. The van der Waals surface area contributed by atoms with Crippen molar-refractivity contribution in [3.8, 4) is 0 Å². The van der Waals surface area contributed by atoms with Crippen LogP contribution in [0.4, 0.5) is 11.4 Å². The van der Waals surface area contributed by atoms with Crippen LogP contribution >= 0.6 is 0 Å². The maximum Gasteiger partial charge on any atom is 0.280 e. The molecule has 0 N–H and O–H groups in total. The molecule has 0 aromatic heterocycles. The van der Waals surface area contributed by atoms with Gasteiger partial charge in [0, 0.05) is 11.6 Å². The Morgan fingerprint density at radius 1 is 1.16 bits per heavy atom. The van der Waals surface area contributed by atoms with Crippen LogP contribution in [0, 0.1) is 20.2 Å². The topological polar surface area (TPSA) is 86.3 Å². The van der Waals surface area contributed by atoms with Gasteiger partial charge in [0.05, 0.1) is 15.9 Å². The van der Waals surface area contributed by atoms with Crippen molar-refractivity contribution < 1.29 is 9.85 Å². The third-order valence-corrected chi connectivity index (χ3v) is 3.62. The smallest absolute Gasteiger partial charge is 0.258 e. The van der Waals surface area contributed by atoms with E-state index in [2.05, 4.69) is 0 Å². The lowest BCUT2D eigenvalue weighted by Crippen LogP contribution is -2.22. The average Bonchev–Trinajstić information content (AvgIpc) is 2.38. The van der Waals surface area contributed by atoms with Crippen LogP contribution in [0.1, 0.15) is 45.6 Å². The van der Waals surface area contributed by atoms with Crippen LogP contribution in [0.15, 0.2) is 18.2 Å². The third-order valence-electron chi connectivity index (χ3n) is 3.62. The van der Waals surface area contributed by atoms with Gasteiger partial charge in [-0.3, -0.25) is 20.2 Å². The fourth-order valence-corrected chi connectivity index (χ4v) is 2.35. The molecule has 0 heterocycles. The Morgan fingerprint density at radius 2 is 1.79 bits per heavy atom. The van der Waals surface area contributed by atoms with Gasteiger partial charge in [-0.05, 0) is 24.3 Å². The molecule has 0 radical (unpaired) electrons. The Kier molecular flexibility index (Phi) is 4.58. The van der Waals surface area contributed by atoms with E-state index in [-0.39, 0.29) is 16.8 Å². The molecule has 6 heteroatoms. The van der Waals surface area contributed by atoms with Crippen molar-refractivity contribution in [3.63, 3.8) is 0 Å². The van der Waals surface area contributed by atoms with E-state index < -0.39 is 9.85 Å². The third kappa shape index (κ3) is 3.07. The molecule has 19 heavy (non-hydrogen) atoms. The molecule has 0 bridgehead atoms. The highest BCUT2D eigenvalue weighted by Crippen LogP contribution is 2.39. The van der Waals surface area contributed by atoms with Gasteiger partial charge >= 0.3 is 0 Å². The number of nitrogens with zero attached hydrogens (tertiary/aromatic N) is 2. The number of hydrogen-bond acceptors (Lipinski definition) is 4. The lowest BCUT2D eigenvalue weighted by atomic mass is 9.75. The number of nitro benzene ring substituents is 2. The second-order valence-corrected chi connectivity index (χ2v) is 4.88. The van der Waals surface area contributed by atoms with Crippen molar-refractivity contribution in [2.45, 2.75) is 45.4 Å². The number of non-ortho nitro benzene ring substituents is 1. The van der Waals surface area contributed by atoms with E-state index in [1.54, 1.807) is 0 Å². The summed E-state index contributed by atoms with van der Waals surface area (Å²) in [6.45, 7) is 5.95. The molecule has 104 valence electrons. The molecule has 0 spiro atoms. The van der Waals surface area contributed by atoms with Gasteiger partial charge in [-0.25, -0.2) is 0 Å². The quantitative estimate of drug-likeness (QED) is 0.575. The van der Waals surface area contributed by atoms with Gasteiger partial charge in [0.2, 0.25) is 0 Å². The zero-order chi connectivity index (χ0) is 14.6. The van der Waals surface area contributed by atoms with Gasteiger partial charge in [0.1, 0.15) is 0 Å². The zero-order valence-electron chi connectivity index (χ0n) is 11.4. The molecule has 1 atom stereocenters. The molecule has 0 fully saturated rings. The van der Waals surface area contributed by atoms with Crippen LogP contribution in [0.5, 0.6) is 0 Å². The van der Waals surface area contributed by atoms with Crippen molar-refractivity contribution in [3.05, 3.63) is 44.0 Å². The molecule has 0 aliphatic carbocycles. The summed E-state index contributed by atoms with van der Waals surface area (Å²) in [6.07, 6.45) is 2.46. The highest BCUT2D eigenvalue weighted by molar-refractivity contribution is 5.52. The van der Waals surface area contributed by atoms with Crippen LogP contribution < -0.4 is 0 Å². The van der Waals surface area contributed by atoms with Crippen LogP contribution in [-0.2, 0) is 5.41 Å². The van der Waals surface area contributed by atoms with Crippen molar-refractivity contribution in [2.24, 2.45) is 0 Å². The van der Waals surface area contributed by atoms with Gasteiger partial charge in [0.15, 0.2) is 0 Å². The van der Waals surface area contributed by atoms with E-state index in [1.165, 1.54) is 12.1 Å². The summed E-state index contributed by atoms with van der Waals surface area (Å²) in [5.74, 6) is 0. The van der Waals surface area contributed by atoms with Gasteiger partial charge in [-0.2, -0.15) is 0 Å². The highest BCUT2D eigenvalue weighted by Gasteiger charge is 2.32. The minimum atomic E-state index is -0.611. The fourth-order valence-electron chi connectivity index (χ4n) is 2.35. The van der Waals surface area contributed by atoms with E-state index in [4.69, 9.17) is 0 Å². The summed E-state index contributed by atoms with van der Waals surface area (Å²) in [5.41, 5.74) is -0.156. The summed E-state index contributed by atoms with van der Waals surface area (Å²) in [6, 6.07) is 3.92. The number of rotatable bonds is 6. The van der Waals surface area contributed by atoms with Gasteiger partial charge in [-0.1, -0.05) is 27.2 Å². The maximum absolute atomic E-state index is 11.1. The number of nitro groups is 2. The summed E-state index contributed by atoms with van der Waals surface area (Å²) in [7, 11) is 0. The maximum atomic E-state index is 11.1. The minimum Gasteiger partial charge on any atom is -0.258 e. The Bertz CT molecular complexity index is 501. The molecule has 1 rings (SSSR count). The molecule has 0 aliphatic heterocycles. The Balaban J connectivity index is 3.42. The van der Waals surface area contributed by atoms with Gasteiger partial charge < -0.3 is 0 Å². The zero-order valence-corrected chi connectivity index (χ0v) is 11.4. The predicted octanol–water partition coefficient (Wildman–Crippen LogP) is 3.97. The van der Waals surface area contributed by atoms with Crippen LogP contribution in [0.2, 0.25) is 0 Å². The molecule has 0 saturated heterocycles. The Morgan fingerprint density at radius 3 is 2.21 bits per heavy atom. The summed E-state index contributed by atoms with van der Waals surface area (Å²) in [5, 5.41) is 21.9. The standard InChI is InChI=1S/C13H18N2O4/c1-4-8-13(3,5-2)11-7-6-10(14(16)17)9-12(11)15(18)19/h6-7,9H,4-5,8H2,1-3H3. The van der Waals surface area contributed by atoms with E-state index in [0.717, 1.165) is 25.3 Å². The van der Waals surface area contributed by atoms with Crippen LogP contribution in [0.25, 0.3) is 0 Å². The molecule has 0 saturated carbocycles. The number of benzene rings is 1. The molecule has 6 nitrogen and oxygen atoms in total. The van der Waals surface area contributed by atoms with Crippen LogP contribution in [-0.4, -0.2) is 9.85 Å². The molecular weight excluding hydrogens is 248 g/mol. The lowest BCUT2D eigenvalue weighted by molar-refractivity contribution is -0.394. The lowest BCUT2D eigenvalue weighted by Gasteiger charge is -2.27. The second-order valence-electron chi connectivity index (χ2n) is 4.88. The average molecular weight is 266 g/mol. The number of hydrogen-bond donors (Lipinski definition) is 0.